The van der Waals surface area contributed by atoms with Crippen molar-refractivity contribution in [3.05, 3.63) is 90.3 Å². The van der Waals surface area contributed by atoms with Crippen LogP contribution in [0.5, 0.6) is 5.75 Å². The number of hydrogen-bond acceptors (Lipinski definition) is 5. The lowest BCUT2D eigenvalue weighted by Gasteiger charge is -2.23. The lowest BCUT2D eigenvalue weighted by Crippen LogP contribution is -2.43. The summed E-state index contributed by atoms with van der Waals surface area (Å²) in [5.74, 6) is 0.699. The standard InChI is InChI=1S/C21H21N3O4S/c1-28-19-11-9-17(10-12-19)14-23-21(25)24(16-18-6-3-2-4-7-18)29(26,27)20-8-5-13-22-15-20/h2-13,15H,14,16H2,1H3,(H,23,25). The van der Waals surface area contributed by atoms with E-state index in [0.29, 0.717) is 11.3 Å². The van der Waals surface area contributed by atoms with Gasteiger partial charge < -0.3 is 10.1 Å². The Kier molecular flexibility index (Phi) is 6.46. The van der Waals surface area contributed by atoms with Crippen molar-refractivity contribution in [2.45, 2.75) is 18.0 Å². The molecule has 0 atom stereocenters. The van der Waals surface area contributed by atoms with Crippen LogP contribution in [0.2, 0.25) is 0 Å². The van der Waals surface area contributed by atoms with E-state index in [0.717, 1.165) is 9.87 Å². The van der Waals surface area contributed by atoms with Gasteiger partial charge in [-0.25, -0.2) is 17.5 Å². The molecule has 2 aromatic carbocycles. The maximum absolute atomic E-state index is 13.1. The summed E-state index contributed by atoms with van der Waals surface area (Å²) in [4.78, 5) is 16.7. The van der Waals surface area contributed by atoms with Crippen LogP contribution in [0, 0.1) is 0 Å². The summed E-state index contributed by atoms with van der Waals surface area (Å²) in [6.07, 6.45) is 2.70. The number of ether oxygens (including phenoxy) is 1. The number of aromatic nitrogens is 1. The number of nitrogens with zero attached hydrogens (tertiary/aromatic N) is 2. The molecule has 1 heterocycles. The zero-order valence-electron chi connectivity index (χ0n) is 15.9. The Labute approximate surface area is 170 Å². The van der Waals surface area contributed by atoms with E-state index >= 15 is 0 Å². The molecule has 0 saturated heterocycles. The highest BCUT2D eigenvalue weighted by atomic mass is 32.2. The second-order valence-corrected chi connectivity index (χ2v) is 8.06. The molecule has 2 amide bonds. The number of urea groups is 1. The third kappa shape index (κ3) is 5.11. The third-order valence-electron chi connectivity index (χ3n) is 4.22. The maximum Gasteiger partial charge on any atom is 0.331 e. The number of pyridine rings is 1. The fraction of sp³-hybridized carbons (Fsp3) is 0.143. The molecule has 0 fully saturated rings. The van der Waals surface area contributed by atoms with Gasteiger partial charge in [0.25, 0.3) is 10.0 Å². The first-order valence-corrected chi connectivity index (χ1v) is 10.3. The SMILES string of the molecule is COc1ccc(CNC(=O)N(Cc2ccccc2)S(=O)(=O)c2cccnc2)cc1. The number of sulfonamides is 1. The number of benzene rings is 2. The van der Waals surface area contributed by atoms with Crippen LogP contribution in [0.15, 0.2) is 84.0 Å². The van der Waals surface area contributed by atoms with Crippen LogP contribution in [0.1, 0.15) is 11.1 Å². The van der Waals surface area contributed by atoms with Crippen molar-refractivity contribution in [1.82, 2.24) is 14.6 Å². The van der Waals surface area contributed by atoms with E-state index in [1.165, 1.54) is 24.5 Å². The van der Waals surface area contributed by atoms with Crippen molar-refractivity contribution >= 4 is 16.1 Å². The summed E-state index contributed by atoms with van der Waals surface area (Å²) < 4.78 is 32.1. The summed E-state index contributed by atoms with van der Waals surface area (Å²) in [6.45, 7) is 0.0865. The summed E-state index contributed by atoms with van der Waals surface area (Å²) in [5, 5.41) is 2.68. The van der Waals surface area contributed by atoms with Crippen LogP contribution in [0.25, 0.3) is 0 Å². The minimum atomic E-state index is -4.07. The molecule has 0 bridgehead atoms. The van der Waals surface area contributed by atoms with Crippen LogP contribution in [-0.2, 0) is 23.1 Å². The molecule has 3 aromatic rings. The van der Waals surface area contributed by atoms with Crippen LogP contribution in [0.3, 0.4) is 0 Å². The Bertz CT molecular complexity index is 1040. The predicted molar refractivity (Wildman–Crippen MR) is 109 cm³/mol. The van der Waals surface area contributed by atoms with E-state index in [-0.39, 0.29) is 18.0 Å². The normalized spacial score (nSPS) is 10.9. The molecule has 0 spiro atoms. The van der Waals surface area contributed by atoms with Gasteiger partial charge >= 0.3 is 6.03 Å². The average Bonchev–Trinajstić information content (AvgIpc) is 2.77. The molecule has 29 heavy (non-hydrogen) atoms. The Morgan fingerprint density at radius 3 is 2.34 bits per heavy atom. The molecule has 1 N–H and O–H groups in total. The van der Waals surface area contributed by atoms with Gasteiger partial charge in [-0.2, -0.15) is 0 Å². The monoisotopic (exact) mass is 411 g/mol. The number of rotatable bonds is 7. The van der Waals surface area contributed by atoms with Gasteiger partial charge in [-0.1, -0.05) is 42.5 Å². The van der Waals surface area contributed by atoms with Crippen molar-refractivity contribution in [2.75, 3.05) is 7.11 Å². The Morgan fingerprint density at radius 2 is 1.72 bits per heavy atom. The second kappa shape index (κ2) is 9.20. The summed E-state index contributed by atoms with van der Waals surface area (Å²) in [6, 6.07) is 18.3. The van der Waals surface area contributed by atoms with E-state index in [4.69, 9.17) is 4.74 Å². The van der Waals surface area contributed by atoms with E-state index in [1.54, 1.807) is 55.6 Å². The first-order chi connectivity index (χ1) is 14.0. The molecule has 0 aliphatic rings. The van der Waals surface area contributed by atoms with E-state index < -0.39 is 16.1 Å². The maximum atomic E-state index is 13.1. The highest BCUT2D eigenvalue weighted by Crippen LogP contribution is 2.18. The number of nitrogens with one attached hydrogen (secondary N) is 1. The molecule has 8 heteroatoms. The van der Waals surface area contributed by atoms with Crippen molar-refractivity contribution in [3.8, 4) is 5.75 Å². The molecule has 3 rings (SSSR count). The molecule has 0 aliphatic carbocycles. The van der Waals surface area contributed by atoms with E-state index in [1.807, 2.05) is 6.07 Å². The number of carbonyl (C=O) groups excluding carboxylic acids is 1. The lowest BCUT2D eigenvalue weighted by atomic mass is 10.2. The van der Waals surface area contributed by atoms with Gasteiger partial charge in [0, 0.05) is 18.9 Å². The lowest BCUT2D eigenvalue weighted by molar-refractivity contribution is 0.221. The molecule has 0 radical (unpaired) electrons. The number of carbonyl (C=O) groups is 1. The molecule has 150 valence electrons. The van der Waals surface area contributed by atoms with E-state index in [2.05, 4.69) is 10.3 Å². The second-order valence-electron chi connectivity index (χ2n) is 6.19. The summed E-state index contributed by atoms with van der Waals surface area (Å²) >= 11 is 0. The molecule has 0 saturated carbocycles. The molecule has 0 unspecified atom stereocenters. The van der Waals surface area contributed by atoms with Gasteiger partial charge in [0.1, 0.15) is 10.6 Å². The number of hydrogen-bond donors (Lipinski definition) is 1. The van der Waals surface area contributed by atoms with Crippen LogP contribution in [0.4, 0.5) is 4.79 Å². The van der Waals surface area contributed by atoms with Gasteiger partial charge in [-0.05, 0) is 35.4 Å². The Hall–Kier alpha value is -3.39. The quantitative estimate of drug-likeness (QED) is 0.645. The first kappa shape index (κ1) is 20.3. The molecular formula is C21H21N3O4S. The van der Waals surface area contributed by atoms with Crippen LogP contribution in [-0.4, -0.2) is 30.8 Å². The van der Waals surface area contributed by atoms with Gasteiger partial charge in [0.15, 0.2) is 0 Å². The molecule has 7 nitrogen and oxygen atoms in total. The first-order valence-electron chi connectivity index (χ1n) is 8.88. The highest BCUT2D eigenvalue weighted by molar-refractivity contribution is 7.89. The van der Waals surface area contributed by atoms with Crippen LogP contribution >= 0.6 is 0 Å². The summed E-state index contributed by atoms with van der Waals surface area (Å²) in [5.41, 5.74) is 1.51. The fourth-order valence-electron chi connectivity index (χ4n) is 2.65. The largest absolute Gasteiger partial charge is 0.497 e. The predicted octanol–water partition coefficient (Wildman–Crippen LogP) is 3.19. The van der Waals surface area contributed by atoms with Gasteiger partial charge in [-0.15, -0.1) is 0 Å². The minimum Gasteiger partial charge on any atom is -0.497 e. The third-order valence-corrected chi connectivity index (χ3v) is 5.93. The van der Waals surface area contributed by atoms with Gasteiger partial charge in [-0.3, -0.25) is 4.98 Å². The smallest absolute Gasteiger partial charge is 0.331 e. The highest BCUT2D eigenvalue weighted by Gasteiger charge is 2.29. The van der Waals surface area contributed by atoms with Gasteiger partial charge in [0.2, 0.25) is 0 Å². The molecular weight excluding hydrogens is 390 g/mol. The Morgan fingerprint density at radius 1 is 1.00 bits per heavy atom. The Balaban J connectivity index is 1.82. The van der Waals surface area contributed by atoms with Crippen molar-refractivity contribution in [3.63, 3.8) is 0 Å². The average molecular weight is 411 g/mol. The fourth-order valence-corrected chi connectivity index (χ4v) is 3.95. The van der Waals surface area contributed by atoms with Crippen molar-refractivity contribution in [1.29, 1.82) is 0 Å². The molecule has 1 aromatic heterocycles. The molecule has 0 aliphatic heterocycles. The van der Waals surface area contributed by atoms with Crippen molar-refractivity contribution < 1.29 is 17.9 Å². The van der Waals surface area contributed by atoms with Crippen LogP contribution < -0.4 is 10.1 Å². The topological polar surface area (TPSA) is 88.6 Å². The zero-order chi connectivity index (χ0) is 20.7. The number of methoxy groups -OCH3 is 1. The van der Waals surface area contributed by atoms with Gasteiger partial charge in [0.05, 0.1) is 13.7 Å². The van der Waals surface area contributed by atoms with E-state index in [9.17, 15) is 13.2 Å². The zero-order valence-corrected chi connectivity index (χ0v) is 16.7. The van der Waals surface area contributed by atoms with Crippen molar-refractivity contribution in [2.24, 2.45) is 0 Å². The summed E-state index contributed by atoms with van der Waals surface area (Å²) in [7, 11) is -2.50. The number of amides is 2. The minimum absolute atomic E-state index is 0.0458.